The van der Waals surface area contributed by atoms with Gasteiger partial charge in [-0.05, 0) is 73.0 Å². The van der Waals surface area contributed by atoms with Crippen LogP contribution in [0.15, 0.2) is 0 Å². The second kappa shape index (κ2) is 7.20. The summed E-state index contributed by atoms with van der Waals surface area (Å²) in [7, 11) is 6.50. The molecule has 0 bridgehead atoms. The Morgan fingerprint density at radius 2 is 1.87 bits per heavy atom. The van der Waals surface area contributed by atoms with Crippen molar-refractivity contribution in [2.24, 2.45) is 0 Å². The molecule has 0 aromatic carbocycles. The molecule has 15 heavy (non-hydrogen) atoms. The molecule has 0 amide bonds. The Labute approximate surface area is 94.8 Å². The Balaban J connectivity index is 1.91. The summed E-state index contributed by atoms with van der Waals surface area (Å²) in [6.45, 7) is 4.93. The molecule has 1 aliphatic rings. The number of rotatable bonds is 6. The minimum Gasteiger partial charge on any atom is -0.314 e. The quantitative estimate of drug-likeness (QED) is 0.664. The number of hydrogen-bond donors (Lipinski definition) is 1. The summed E-state index contributed by atoms with van der Waals surface area (Å²) in [4.78, 5) is 4.68. The second-order valence-corrected chi connectivity index (χ2v) is 5.04. The van der Waals surface area contributed by atoms with E-state index in [1.165, 1.54) is 51.9 Å². The average molecular weight is 213 g/mol. The standard InChI is InChI=1S/C12H27N3/c1-14(2)9-5-4-8-13-12-6-10-15(3)11-7-12/h12-13H,4-11H2,1-3H3. The van der Waals surface area contributed by atoms with Gasteiger partial charge < -0.3 is 15.1 Å². The maximum absolute atomic E-state index is 3.67. The number of piperidine rings is 1. The lowest BCUT2D eigenvalue weighted by molar-refractivity contribution is 0.234. The highest BCUT2D eigenvalue weighted by Crippen LogP contribution is 2.07. The molecule has 3 heteroatoms. The van der Waals surface area contributed by atoms with Gasteiger partial charge in [-0.3, -0.25) is 0 Å². The van der Waals surface area contributed by atoms with Crippen molar-refractivity contribution in [2.75, 3.05) is 47.3 Å². The van der Waals surface area contributed by atoms with E-state index in [-0.39, 0.29) is 0 Å². The molecule has 1 aliphatic heterocycles. The molecule has 0 atom stereocenters. The Morgan fingerprint density at radius 1 is 1.20 bits per heavy atom. The predicted molar refractivity (Wildman–Crippen MR) is 66.3 cm³/mol. The Bertz CT molecular complexity index is 151. The second-order valence-electron chi connectivity index (χ2n) is 5.04. The van der Waals surface area contributed by atoms with Crippen LogP contribution in [-0.4, -0.2) is 63.2 Å². The predicted octanol–water partition coefficient (Wildman–Crippen LogP) is 1.01. The highest BCUT2D eigenvalue weighted by Gasteiger charge is 2.15. The highest BCUT2D eigenvalue weighted by molar-refractivity contribution is 4.75. The van der Waals surface area contributed by atoms with Gasteiger partial charge in [0.25, 0.3) is 0 Å². The van der Waals surface area contributed by atoms with E-state index in [9.17, 15) is 0 Å². The van der Waals surface area contributed by atoms with E-state index in [0.717, 1.165) is 6.04 Å². The van der Waals surface area contributed by atoms with Crippen molar-refractivity contribution in [3.05, 3.63) is 0 Å². The van der Waals surface area contributed by atoms with E-state index in [0.29, 0.717) is 0 Å². The summed E-state index contributed by atoms with van der Waals surface area (Å²) >= 11 is 0. The van der Waals surface area contributed by atoms with Gasteiger partial charge in [0.05, 0.1) is 0 Å². The van der Waals surface area contributed by atoms with E-state index in [1.807, 2.05) is 0 Å². The van der Waals surface area contributed by atoms with Crippen LogP contribution < -0.4 is 5.32 Å². The van der Waals surface area contributed by atoms with Gasteiger partial charge in [0.2, 0.25) is 0 Å². The molecular weight excluding hydrogens is 186 g/mol. The summed E-state index contributed by atoms with van der Waals surface area (Å²) in [5.74, 6) is 0. The van der Waals surface area contributed by atoms with Gasteiger partial charge in [-0.15, -0.1) is 0 Å². The molecule has 1 heterocycles. The lowest BCUT2D eigenvalue weighted by Gasteiger charge is -2.29. The minimum absolute atomic E-state index is 0.778. The molecule has 1 fully saturated rings. The van der Waals surface area contributed by atoms with Gasteiger partial charge in [-0.25, -0.2) is 0 Å². The van der Waals surface area contributed by atoms with Crippen molar-refractivity contribution in [1.29, 1.82) is 0 Å². The van der Waals surface area contributed by atoms with Crippen LogP contribution in [0.25, 0.3) is 0 Å². The Hall–Kier alpha value is -0.120. The minimum atomic E-state index is 0.778. The first kappa shape index (κ1) is 12.9. The average Bonchev–Trinajstić information content (AvgIpc) is 2.20. The molecule has 1 saturated heterocycles. The number of unbranched alkanes of at least 4 members (excludes halogenated alkanes) is 1. The van der Waals surface area contributed by atoms with Crippen molar-refractivity contribution in [3.8, 4) is 0 Å². The summed E-state index contributed by atoms with van der Waals surface area (Å²) in [5.41, 5.74) is 0. The number of nitrogens with one attached hydrogen (secondary N) is 1. The van der Waals surface area contributed by atoms with Crippen molar-refractivity contribution < 1.29 is 0 Å². The molecule has 1 N–H and O–H groups in total. The first-order valence-electron chi connectivity index (χ1n) is 6.25. The van der Waals surface area contributed by atoms with Gasteiger partial charge in [-0.1, -0.05) is 0 Å². The third-order valence-electron chi connectivity index (χ3n) is 3.18. The molecular formula is C12H27N3. The topological polar surface area (TPSA) is 18.5 Å². The fraction of sp³-hybridized carbons (Fsp3) is 1.00. The monoisotopic (exact) mass is 213 g/mol. The smallest absolute Gasteiger partial charge is 0.00914 e. The van der Waals surface area contributed by atoms with Crippen LogP contribution in [-0.2, 0) is 0 Å². The van der Waals surface area contributed by atoms with E-state index < -0.39 is 0 Å². The van der Waals surface area contributed by atoms with Crippen LogP contribution in [0.4, 0.5) is 0 Å². The van der Waals surface area contributed by atoms with Crippen LogP contribution in [0.1, 0.15) is 25.7 Å². The molecule has 0 spiro atoms. The Morgan fingerprint density at radius 3 is 2.47 bits per heavy atom. The lowest BCUT2D eigenvalue weighted by atomic mass is 10.1. The van der Waals surface area contributed by atoms with Crippen molar-refractivity contribution in [2.45, 2.75) is 31.7 Å². The summed E-state index contributed by atoms with van der Waals surface area (Å²) in [6, 6.07) is 0.778. The van der Waals surface area contributed by atoms with Crippen LogP contribution in [0.5, 0.6) is 0 Å². The zero-order chi connectivity index (χ0) is 11.1. The van der Waals surface area contributed by atoms with Crippen LogP contribution in [0, 0.1) is 0 Å². The van der Waals surface area contributed by atoms with E-state index in [1.54, 1.807) is 0 Å². The van der Waals surface area contributed by atoms with E-state index in [2.05, 4.69) is 36.3 Å². The fourth-order valence-electron chi connectivity index (χ4n) is 2.07. The normalized spacial score (nSPS) is 20.0. The number of hydrogen-bond acceptors (Lipinski definition) is 3. The Kier molecular flexibility index (Phi) is 6.22. The van der Waals surface area contributed by atoms with Gasteiger partial charge >= 0.3 is 0 Å². The highest BCUT2D eigenvalue weighted by atomic mass is 15.1. The first-order valence-corrected chi connectivity index (χ1v) is 6.25. The molecule has 0 aliphatic carbocycles. The molecule has 0 saturated carbocycles. The van der Waals surface area contributed by atoms with Crippen LogP contribution in [0.3, 0.4) is 0 Å². The number of likely N-dealkylation sites (tertiary alicyclic amines) is 1. The lowest BCUT2D eigenvalue weighted by Crippen LogP contribution is -2.41. The van der Waals surface area contributed by atoms with Crippen LogP contribution >= 0.6 is 0 Å². The van der Waals surface area contributed by atoms with Crippen molar-refractivity contribution in [3.63, 3.8) is 0 Å². The zero-order valence-electron chi connectivity index (χ0n) is 10.6. The molecule has 0 aromatic heterocycles. The van der Waals surface area contributed by atoms with Gasteiger partial charge in [0.15, 0.2) is 0 Å². The van der Waals surface area contributed by atoms with E-state index >= 15 is 0 Å². The fourth-order valence-corrected chi connectivity index (χ4v) is 2.07. The maximum atomic E-state index is 3.67. The maximum Gasteiger partial charge on any atom is 0.00914 e. The summed E-state index contributed by atoms with van der Waals surface area (Å²) in [6.07, 6.45) is 5.27. The largest absolute Gasteiger partial charge is 0.314 e. The zero-order valence-corrected chi connectivity index (χ0v) is 10.6. The van der Waals surface area contributed by atoms with Gasteiger partial charge in [0.1, 0.15) is 0 Å². The summed E-state index contributed by atoms with van der Waals surface area (Å²) < 4.78 is 0. The third-order valence-corrected chi connectivity index (χ3v) is 3.18. The SMILES string of the molecule is CN(C)CCCCNC1CCN(C)CC1. The van der Waals surface area contributed by atoms with Gasteiger partial charge in [0, 0.05) is 6.04 Å². The molecule has 0 aromatic rings. The molecule has 90 valence electrons. The first-order chi connectivity index (χ1) is 7.18. The van der Waals surface area contributed by atoms with Crippen molar-refractivity contribution in [1.82, 2.24) is 15.1 Å². The third kappa shape index (κ3) is 6.13. The molecule has 1 rings (SSSR count). The van der Waals surface area contributed by atoms with Gasteiger partial charge in [-0.2, -0.15) is 0 Å². The van der Waals surface area contributed by atoms with E-state index in [4.69, 9.17) is 0 Å². The molecule has 0 radical (unpaired) electrons. The summed E-state index contributed by atoms with van der Waals surface area (Å²) in [5, 5.41) is 3.67. The molecule has 3 nitrogen and oxygen atoms in total. The number of nitrogens with zero attached hydrogens (tertiary/aromatic N) is 2. The van der Waals surface area contributed by atoms with Crippen LogP contribution in [0.2, 0.25) is 0 Å². The van der Waals surface area contributed by atoms with Crippen molar-refractivity contribution >= 4 is 0 Å². The molecule has 0 unspecified atom stereocenters.